The van der Waals surface area contributed by atoms with Crippen LogP contribution >= 0.6 is 0 Å². The maximum atomic E-state index is 12.8. The molecule has 8 heteroatoms. The van der Waals surface area contributed by atoms with E-state index in [9.17, 15) is 18.0 Å². The number of halogens is 3. The zero-order valence-electron chi connectivity index (χ0n) is 18.3. The molecule has 2 heterocycles. The smallest absolute Gasteiger partial charge is 0.416 e. The molecule has 1 aliphatic carbocycles. The zero-order valence-corrected chi connectivity index (χ0v) is 18.3. The van der Waals surface area contributed by atoms with Crippen LogP contribution in [0, 0.1) is 5.41 Å². The molecule has 0 radical (unpaired) electrons. The third-order valence-corrected chi connectivity index (χ3v) is 6.91. The summed E-state index contributed by atoms with van der Waals surface area (Å²) in [5.74, 6) is -0.572. The molecule has 2 aliphatic heterocycles. The second kappa shape index (κ2) is 7.66. The highest BCUT2D eigenvalue weighted by atomic mass is 19.4. The minimum Gasteiger partial charge on any atom is -0.443 e. The number of alkyl halides is 3. The van der Waals surface area contributed by atoms with Gasteiger partial charge in [-0.05, 0) is 37.5 Å². The van der Waals surface area contributed by atoms with E-state index in [1.165, 1.54) is 12.1 Å². The summed E-state index contributed by atoms with van der Waals surface area (Å²) in [6.07, 6.45) is -1.37. The monoisotopic (exact) mass is 441 g/mol. The van der Waals surface area contributed by atoms with Crippen LogP contribution in [-0.4, -0.2) is 42.1 Å². The Balaban J connectivity index is 1.36. The maximum Gasteiger partial charge on any atom is 0.416 e. The summed E-state index contributed by atoms with van der Waals surface area (Å²) in [5.41, 5.74) is -0.559. The van der Waals surface area contributed by atoms with Gasteiger partial charge in [-0.1, -0.05) is 26.0 Å². The Labute approximate surface area is 180 Å². The molecule has 31 heavy (non-hydrogen) atoms. The normalized spacial score (nSPS) is 26.0. The average Bonchev–Trinajstić information content (AvgIpc) is 2.72. The van der Waals surface area contributed by atoms with Crippen LogP contribution < -0.4 is 0 Å². The van der Waals surface area contributed by atoms with E-state index in [0.717, 1.165) is 12.1 Å². The first-order valence-electron chi connectivity index (χ1n) is 10.9. The molecule has 1 atom stereocenters. The minimum absolute atomic E-state index is 0.00658. The standard InChI is InChI=1S/C23H30F3NO4/c1-16(17-4-6-18(7-5-17)23(24,25)26)27-13-12-21(31-19(27)28)8-10-22(11-9-21)29-14-20(2,3)15-30-22/h4-7,16H,8-15H2,1-3H3/t16-/m0/s1. The number of hydrogen-bond donors (Lipinski definition) is 0. The van der Waals surface area contributed by atoms with Crippen molar-refractivity contribution < 1.29 is 32.2 Å². The molecule has 0 N–H and O–H groups in total. The van der Waals surface area contributed by atoms with E-state index >= 15 is 0 Å². The summed E-state index contributed by atoms with van der Waals surface area (Å²) in [6, 6.07) is 4.58. The zero-order chi connectivity index (χ0) is 22.5. The Morgan fingerprint density at radius 3 is 2.06 bits per heavy atom. The van der Waals surface area contributed by atoms with Crippen LogP contribution in [0.1, 0.15) is 70.0 Å². The summed E-state index contributed by atoms with van der Waals surface area (Å²) < 4.78 is 56.5. The average molecular weight is 441 g/mol. The van der Waals surface area contributed by atoms with Crippen LogP contribution in [0.25, 0.3) is 0 Å². The molecular weight excluding hydrogens is 411 g/mol. The van der Waals surface area contributed by atoms with Gasteiger partial charge in [0.2, 0.25) is 0 Å². The fourth-order valence-corrected chi connectivity index (χ4v) is 4.66. The molecule has 1 saturated carbocycles. The highest BCUT2D eigenvalue weighted by Gasteiger charge is 2.51. The Morgan fingerprint density at radius 1 is 0.968 bits per heavy atom. The molecule has 2 saturated heterocycles. The second-order valence-corrected chi connectivity index (χ2v) is 9.94. The van der Waals surface area contributed by atoms with Gasteiger partial charge in [0, 0.05) is 31.2 Å². The van der Waals surface area contributed by atoms with Gasteiger partial charge in [0.1, 0.15) is 5.60 Å². The van der Waals surface area contributed by atoms with Gasteiger partial charge >= 0.3 is 12.3 Å². The van der Waals surface area contributed by atoms with Crippen molar-refractivity contribution in [3.63, 3.8) is 0 Å². The van der Waals surface area contributed by atoms with E-state index in [1.54, 1.807) is 4.90 Å². The Hall–Kier alpha value is -1.80. The lowest BCUT2D eigenvalue weighted by Gasteiger charge is -2.51. The number of carbonyl (C=O) groups is 1. The van der Waals surface area contributed by atoms with Crippen LogP contribution in [0.4, 0.5) is 18.0 Å². The van der Waals surface area contributed by atoms with Crippen LogP contribution in [0.5, 0.6) is 0 Å². The van der Waals surface area contributed by atoms with Gasteiger partial charge in [-0.2, -0.15) is 13.2 Å². The maximum absolute atomic E-state index is 12.8. The first kappa shape index (κ1) is 22.4. The quantitative estimate of drug-likeness (QED) is 0.592. The van der Waals surface area contributed by atoms with Gasteiger partial charge in [-0.3, -0.25) is 0 Å². The largest absolute Gasteiger partial charge is 0.443 e. The molecule has 0 bridgehead atoms. The molecule has 3 aliphatic rings. The highest BCUT2D eigenvalue weighted by Crippen LogP contribution is 2.47. The number of rotatable bonds is 2. The third kappa shape index (κ3) is 4.55. The van der Waals surface area contributed by atoms with Crippen LogP contribution in [0.2, 0.25) is 0 Å². The summed E-state index contributed by atoms with van der Waals surface area (Å²) >= 11 is 0. The predicted octanol–water partition coefficient (Wildman–Crippen LogP) is 5.69. The summed E-state index contributed by atoms with van der Waals surface area (Å²) in [5, 5.41) is 0. The number of amides is 1. The second-order valence-electron chi connectivity index (χ2n) is 9.94. The van der Waals surface area contributed by atoms with E-state index in [4.69, 9.17) is 14.2 Å². The SMILES string of the molecule is C[C@@H](c1ccc(C(F)(F)F)cc1)N1CCC2(CCC3(CC2)OCC(C)(C)CO3)OC1=O. The third-order valence-electron chi connectivity index (χ3n) is 6.91. The van der Waals surface area contributed by atoms with Gasteiger partial charge in [0.15, 0.2) is 5.79 Å². The van der Waals surface area contributed by atoms with Crippen molar-refractivity contribution in [2.24, 2.45) is 5.41 Å². The Bertz CT molecular complexity index is 801. The summed E-state index contributed by atoms with van der Waals surface area (Å²) in [7, 11) is 0. The van der Waals surface area contributed by atoms with Gasteiger partial charge in [0.05, 0.1) is 24.8 Å². The Kier molecular flexibility index (Phi) is 5.53. The lowest BCUT2D eigenvalue weighted by atomic mass is 9.77. The number of ether oxygens (including phenoxy) is 3. The van der Waals surface area contributed by atoms with Gasteiger partial charge in [0.25, 0.3) is 0 Å². The number of nitrogens with zero attached hydrogens (tertiary/aromatic N) is 1. The van der Waals surface area contributed by atoms with Crippen LogP contribution in [-0.2, 0) is 20.4 Å². The summed E-state index contributed by atoms with van der Waals surface area (Å²) in [6.45, 7) is 7.83. The lowest BCUT2D eigenvalue weighted by Crippen LogP contribution is -2.56. The molecule has 5 nitrogen and oxygen atoms in total. The molecule has 0 unspecified atom stereocenters. The van der Waals surface area contributed by atoms with Crippen molar-refractivity contribution >= 4 is 6.09 Å². The first-order valence-corrected chi connectivity index (χ1v) is 10.9. The molecule has 172 valence electrons. The highest BCUT2D eigenvalue weighted by molar-refractivity contribution is 5.70. The molecule has 1 aromatic carbocycles. The van der Waals surface area contributed by atoms with Crippen LogP contribution in [0.15, 0.2) is 24.3 Å². The number of carbonyl (C=O) groups excluding carboxylic acids is 1. The van der Waals surface area contributed by atoms with Gasteiger partial charge in [-0.25, -0.2) is 4.79 Å². The van der Waals surface area contributed by atoms with E-state index in [2.05, 4.69) is 13.8 Å². The van der Waals surface area contributed by atoms with Gasteiger partial charge in [-0.15, -0.1) is 0 Å². The fraction of sp³-hybridized carbons (Fsp3) is 0.696. The molecule has 2 spiro atoms. The van der Waals surface area contributed by atoms with Crippen molar-refractivity contribution in [2.45, 2.75) is 76.5 Å². The molecule has 0 aromatic heterocycles. The first-order chi connectivity index (χ1) is 14.4. The number of hydrogen-bond acceptors (Lipinski definition) is 4. The predicted molar refractivity (Wildman–Crippen MR) is 107 cm³/mol. The van der Waals surface area contributed by atoms with Crippen molar-refractivity contribution in [2.75, 3.05) is 19.8 Å². The molecular formula is C23H30F3NO4. The van der Waals surface area contributed by atoms with Crippen molar-refractivity contribution in [3.8, 4) is 0 Å². The van der Waals surface area contributed by atoms with Gasteiger partial charge < -0.3 is 19.1 Å². The molecule has 1 amide bonds. The fourth-order valence-electron chi connectivity index (χ4n) is 4.66. The van der Waals surface area contributed by atoms with Crippen molar-refractivity contribution in [1.82, 2.24) is 4.90 Å². The Morgan fingerprint density at radius 2 is 1.55 bits per heavy atom. The van der Waals surface area contributed by atoms with Crippen molar-refractivity contribution in [3.05, 3.63) is 35.4 Å². The summed E-state index contributed by atoms with van der Waals surface area (Å²) in [4.78, 5) is 14.4. The van der Waals surface area contributed by atoms with E-state index < -0.39 is 29.2 Å². The molecule has 1 aromatic rings. The number of benzene rings is 1. The minimum atomic E-state index is -4.38. The van der Waals surface area contributed by atoms with Crippen LogP contribution in [0.3, 0.4) is 0 Å². The van der Waals surface area contributed by atoms with E-state index in [-0.39, 0.29) is 11.5 Å². The lowest BCUT2D eigenvalue weighted by molar-refractivity contribution is -0.320. The van der Waals surface area contributed by atoms with E-state index in [1.807, 2.05) is 6.92 Å². The molecule has 3 fully saturated rings. The van der Waals surface area contributed by atoms with E-state index in [0.29, 0.717) is 57.4 Å². The van der Waals surface area contributed by atoms with Crippen molar-refractivity contribution in [1.29, 1.82) is 0 Å². The topological polar surface area (TPSA) is 48.0 Å². The molecule has 4 rings (SSSR count).